The van der Waals surface area contributed by atoms with E-state index in [1.54, 1.807) is 24.3 Å². The fraction of sp³-hybridized carbons (Fsp3) is 0.200. The maximum absolute atomic E-state index is 13.3. The van der Waals surface area contributed by atoms with Crippen LogP contribution >= 0.6 is 11.6 Å². The molecule has 0 radical (unpaired) electrons. The molecule has 1 fully saturated rings. The van der Waals surface area contributed by atoms with Crippen LogP contribution in [0.2, 0.25) is 5.02 Å². The predicted molar refractivity (Wildman–Crippen MR) is 103 cm³/mol. The van der Waals surface area contributed by atoms with Crippen molar-refractivity contribution in [3.63, 3.8) is 0 Å². The van der Waals surface area contributed by atoms with Crippen molar-refractivity contribution in [3.8, 4) is 0 Å². The summed E-state index contributed by atoms with van der Waals surface area (Å²) in [6.07, 6.45) is 0.876. The van der Waals surface area contributed by atoms with Crippen molar-refractivity contribution in [2.75, 3.05) is 17.2 Å². The molecule has 2 aromatic carbocycles. The Labute approximate surface area is 164 Å². The molecule has 2 N–H and O–H groups in total. The summed E-state index contributed by atoms with van der Waals surface area (Å²) in [6, 6.07) is 10.8. The van der Waals surface area contributed by atoms with Crippen molar-refractivity contribution in [2.45, 2.75) is 18.9 Å². The van der Waals surface area contributed by atoms with E-state index in [0.717, 1.165) is 12.5 Å². The van der Waals surface area contributed by atoms with E-state index in [4.69, 9.17) is 20.8 Å². The molecule has 8 heteroatoms. The van der Waals surface area contributed by atoms with Gasteiger partial charge in [-0.2, -0.15) is 0 Å². The number of furan rings is 1. The maximum atomic E-state index is 13.3. The zero-order chi connectivity index (χ0) is 19.7. The molecule has 6 nitrogen and oxygen atoms in total. The second-order valence-corrected chi connectivity index (χ2v) is 6.78. The molecule has 1 saturated heterocycles. The van der Waals surface area contributed by atoms with Crippen LogP contribution in [0.3, 0.4) is 0 Å². The number of halogens is 2. The summed E-state index contributed by atoms with van der Waals surface area (Å²) in [5.74, 6) is -1.58. The Morgan fingerprint density at radius 3 is 2.71 bits per heavy atom. The summed E-state index contributed by atoms with van der Waals surface area (Å²) in [7, 11) is 0. The van der Waals surface area contributed by atoms with E-state index in [2.05, 4.69) is 10.6 Å². The van der Waals surface area contributed by atoms with Crippen LogP contribution in [-0.2, 0) is 9.53 Å². The highest BCUT2D eigenvalue weighted by molar-refractivity contribution is 6.31. The van der Waals surface area contributed by atoms with Crippen LogP contribution in [0.1, 0.15) is 23.4 Å². The Bertz CT molecular complexity index is 1060. The molecule has 144 valence electrons. The Balaban J connectivity index is 1.66. The van der Waals surface area contributed by atoms with Gasteiger partial charge < -0.3 is 19.8 Å². The lowest BCUT2D eigenvalue weighted by molar-refractivity contribution is -0.124. The van der Waals surface area contributed by atoms with Crippen molar-refractivity contribution < 1.29 is 23.1 Å². The summed E-state index contributed by atoms with van der Waals surface area (Å²) < 4.78 is 24.4. The third-order valence-electron chi connectivity index (χ3n) is 4.45. The first-order valence-corrected chi connectivity index (χ1v) is 9.11. The number of hydrogen-bond acceptors (Lipinski definition) is 4. The molecular weight excluding hydrogens is 387 g/mol. The number of carbonyl (C=O) groups is 2. The van der Waals surface area contributed by atoms with E-state index in [9.17, 15) is 14.0 Å². The van der Waals surface area contributed by atoms with E-state index >= 15 is 0 Å². The quantitative estimate of drug-likeness (QED) is 0.668. The number of para-hydroxylation sites is 1. The Morgan fingerprint density at radius 2 is 1.96 bits per heavy atom. The summed E-state index contributed by atoms with van der Waals surface area (Å²) in [4.78, 5) is 25.3. The third kappa shape index (κ3) is 3.58. The largest absolute Gasteiger partial charge is 0.449 e. The lowest BCUT2D eigenvalue weighted by Crippen LogP contribution is -2.27. The van der Waals surface area contributed by atoms with Crippen molar-refractivity contribution in [1.82, 2.24) is 0 Å². The fourth-order valence-electron chi connectivity index (χ4n) is 3.08. The van der Waals surface area contributed by atoms with Gasteiger partial charge in [-0.15, -0.1) is 0 Å². The minimum atomic E-state index is -0.596. The van der Waals surface area contributed by atoms with Gasteiger partial charge in [-0.3, -0.25) is 9.59 Å². The molecular formula is C20H16ClFN2O4. The highest BCUT2D eigenvalue weighted by Crippen LogP contribution is 2.32. The number of ether oxygens (including phenoxy) is 1. The number of carbonyl (C=O) groups excluding carboxylic acids is 2. The first-order valence-electron chi connectivity index (χ1n) is 8.73. The molecule has 0 aliphatic carbocycles. The van der Waals surface area contributed by atoms with Gasteiger partial charge in [-0.25, -0.2) is 4.39 Å². The van der Waals surface area contributed by atoms with Crippen LogP contribution < -0.4 is 10.6 Å². The molecule has 2 amide bonds. The van der Waals surface area contributed by atoms with E-state index in [1.165, 1.54) is 12.1 Å². The van der Waals surface area contributed by atoms with E-state index in [-0.39, 0.29) is 22.4 Å². The topological polar surface area (TPSA) is 80.6 Å². The van der Waals surface area contributed by atoms with Gasteiger partial charge in [0.1, 0.15) is 23.2 Å². The number of fused-ring (bicyclic) bond motifs is 1. The molecule has 1 atom stereocenters. The molecule has 1 aromatic heterocycles. The molecule has 0 bridgehead atoms. The normalized spacial score (nSPS) is 16.3. The highest BCUT2D eigenvalue weighted by Gasteiger charge is 2.28. The van der Waals surface area contributed by atoms with Crippen LogP contribution in [0.4, 0.5) is 15.8 Å². The lowest BCUT2D eigenvalue weighted by atomic mass is 10.2. The standard InChI is InChI=1S/C20H16ClFN2O4/c21-13-10-11(7-8-14(13)22)23-20(26)18-17(12-4-1-2-5-15(12)28-18)24-19(25)16-6-3-9-27-16/h1-2,4-5,7-8,10,16H,3,6,9H2,(H,23,26)(H,24,25)/t16-/m0/s1. The van der Waals surface area contributed by atoms with Gasteiger partial charge in [-0.05, 0) is 43.2 Å². The predicted octanol–water partition coefficient (Wildman–Crippen LogP) is 4.60. The second kappa shape index (κ2) is 7.61. The molecule has 1 aliphatic rings. The SMILES string of the molecule is O=C(Nc1ccc(F)c(Cl)c1)c1oc2ccccc2c1NC(=O)[C@@H]1CCCO1. The van der Waals surface area contributed by atoms with Crippen LogP contribution in [0, 0.1) is 5.82 Å². The number of rotatable bonds is 4. The van der Waals surface area contributed by atoms with Crippen molar-refractivity contribution in [3.05, 3.63) is 59.1 Å². The summed E-state index contributed by atoms with van der Waals surface area (Å²) in [5, 5.41) is 5.84. The van der Waals surface area contributed by atoms with E-state index in [1.807, 2.05) is 0 Å². The maximum Gasteiger partial charge on any atom is 0.293 e. The molecule has 0 unspecified atom stereocenters. The summed E-state index contributed by atoms with van der Waals surface area (Å²) in [6.45, 7) is 0.531. The van der Waals surface area contributed by atoms with Crippen molar-refractivity contribution >= 4 is 45.8 Å². The molecule has 1 aliphatic heterocycles. The first kappa shape index (κ1) is 18.5. The van der Waals surface area contributed by atoms with Gasteiger partial charge in [0.15, 0.2) is 0 Å². The van der Waals surface area contributed by atoms with E-state index in [0.29, 0.717) is 29.7 Å². The fourth-order valence-corrected chi connectivity index (χ4v) is 3.26. The number of benzene rings is 2. The van der Waals surface area contributed by atoms with E-state index < -0.39 is 17.8 Å². The summed E-state index contributed by atoms with van der Waals surface area (Å²) >= 11 is 5.76. The van der Waals surface area contributed by atoms with Gasteiger partial charge >= 0.3 is 0 Å². The zero-order valence-electron chi connectivity index (χ0n) is 14.6. The van der Waals surface area contributed by atoms with Gasteiger partial charge in [0.25, 0.3) is 11.8 Å². The number of anilines is 2. The summed E-state index contributed by atoms with van der Waals surface area (Å²) in [5.41, 5.74) is 1.02. The number of nitrogens with one attached hydrogen (secondary N) is 2. The molecule has 0 saturated carbocycles. The third-order valence-corrected chi connectivity index (χ3v) is 4.74. The average Bonchev–Trinajstić information content (AvgIpc) is 3.33. The lowest BCUT2D eigenvalue weighted by Gasteiger charge is -2.11. The first-order chi connectivity index (χ1) is 13.5. The highest BCUT2D eigenvalue weighted by atomic mass is 35.5. The van der Waals surface area contributed by atoms with Crippen LogP contribution in [0.5, 0.6) is 0 Å². The van der Waals surface area contributed by atoms with Gasteiger partial charge in [0.2, 0.25) is 5.76 Å². The second-order valence-electron chi connectivity index (χ2n) is 6.38. The van der Waals surface area contributed by atoms with Gasteiger partial charge in [0, 0.05) is 17.7 Å². The van der Waals surface area contributed by atoms with Crippen LogP contribution in [0.15, 0.2) is 46.9 Å². The molecule has 4 rings (SSSR count). The van der Waals surface area contributed by atoms with Gasteiger partial charge in [0.05, 0.1) is 5.02 Å². The number of amides is 2. The van der Waals surface area contributed by atoms with Crippen molar-refractivity contribution in [1.29, 1.82) is 0 Å². The monoisotopic (exact) mass is 402 g/mol. The Hall–Kier alpha value is -2.90. The minimum Gasteiger partial charge on any atom is -0.449 e. The molecule has 0 spiro atoms. The van der Waals surface area contributed by atoms with Crippen LogP contribution in [-0.4, -0.2) is 24.5 Å². The number of hydrogen-bond donors (Lipinski definition) is 2. The zero-order valence-corrected chi connectivity index (χ0v) is 15.4. The smallest absolute Gasteiger partial charge is 0.293 e. The molecule has 3 aromatic rings. The average molecular weight is 403 g/mol. The van der Waals surface area contributed by atoms with Crippen LogP contribution in [0.25, 0.3) is 11.0 Å². The minimum absolute atomic E-state index is 0.0620. The Morgan fingerprint density at radius 1 is 1.14 bits per heavy atom. The van der Waals surface area contributed by atoms with Gasteiger partial charge in [-0.1, -0.05) is 23.7 Å². The Kier molecular flexibility index (Phi) is 5.02. The molecule has 28 heavy (non-hydrogen) atoms. The molecule has 2 heterocycles. The van der Waals surface area contributed by atoms with Crippen molar-refractivity contribution in [2.24, 2.45) is 0 Å².